The third-order valence-electron chi connectivity index (χ3n) is 3.51. The summed E-state index contributed by atoms with van der Waals surface area (Å²) in [6.45, 7) is 0.182. The summed E-state index contributed by atoms with van der Waals surface area (Å²) in [7, 11) is 0. The SMILES string of the molecule is O=C(O)CCC(=O)c1c(Cl)cc(C(=O)NCc2cccc(O)c2)cc1Cl. The minimum Gasteiger partial charge on any atom is -0.508 e. The quantitative estimate of drug-likeness (QED) is 0.620. The van der Waals surface area contributed by atoms with E-state index in [4.69, 9.17) is 28.3 Å². The number of aromatic hydroxyl groups is 1. The minimum atomic E-state index is -1.10. The van der Waals surface area contributed by atoms with Crippen LogP contribution >= 0.6 is 23.2 Å². The number of hydrogen-bond acceptors (Lipinski definition) is 4. The van der Waals surface area contributed by atoms with Crippen molar-refractivity contribution in [3.05, 3.63) is 63.1 Å². The van der Waals surface area contributed by atoms with Gasteiger partial charge in [-0.1, -0.05) is 35.3 Å². The molecule has 136 valence electrons. The van der Waals surface area contributed by atoms with Gasteiger partial charge in [-0.25, -0.2) is 0 Å². The minimum absolute atomic E-state index is 0.000819. The first-order valence-corrected chi connectivity index (χ1v) is 8.33. The number of carbonyl (C=O) groups excluding carboxylic acids is 2. The fraction of sp³-hybridized carbons (Fsp3) is 0.167. The lowest BCUT2D eigenvalue weighted by Crippen LogP contribution is -2.23. The van der Waals surface area contributed by atoms with Gasteiger partial charge in [0.05, 0.1) is 22.0 Å². The van der Waals surface area contributed by atoms with Crippen molar-refractivity contribution < 1.29 is 24.6 Å². The largest absolute Gasteiger partial charge is 0.508 e. The molecule has 0 bridgehead atoms. The first-order valence-electron chi connectivity index (χ1n) is 7.58. The Labute approximate surface area is 159 Å². The summed E-state index contributed by atoms with van der Waals surface area (Å²) in [6.07, 6.45) is -0.574. The molecule has 2 aromatic carbocycles. The molecule has 8 heteroatoms. The Hall–Kier alpha value is -2.57. The standard InChI is InChI=1S/C18H15Cl2NO5/c19-13-7-11(8-14(20)17(13)15(23)4-5-16(24)25)18(26)21-9-10-2-1-3-12(22)6-10/h1-3,6-8,22H,4-5,9H2,(H,21,26)(H,24,25). The van der Waals surface area contributed by atoms with Crippen molar-refractivity contribution in [2.75, 3.05) is 0 Å². The van der Waals surface area contributed by atoms with Crippen LogP contribution in [0.3, 0.4) is 0 Å². The van der Waals surface area contributed by atoms with Gasteiger partial charge in [-0.05, 0) is 29.8 Å². The number of rotatable bonds is 7. The Morgan fingerprint density at radius 1 is 1.00 bits per heavy atom. The molecule has 0 atom stereocenters. The van der Waals surface area contributed by atoms with Crippen molar-refractivity contribution >= 4 is 40.9 Å². The van der Waals surface area contributed by atoms with Crippen molar-refractivity contribution in [3.8, 4) is 5.75 Å². The molecule has 0 aliphatic heterocycles. The van der Waals surface area contributed by atoms with Crippen LogP contribution in [-0.2, 0) is 11.3 Å². The number of amides is 1. The van der Waals surface area contributed by atoms with Gasteiger partial charge >= 0.3 is 5.97 Å². The molecule has 0 heterocycles. The molecule has 0 spiro atoms. The predicted molar refractivity (Wildman–Crippen MR) is 96.9 cm³/mol. The summed E-state index contributed by atoms with van der Waals surface area (Å²) in [4.78, 5) is 34.9. The van der Waals surface area contributed by atoms with Crippen LogP contribution in [-0.4, -0.2) is 27.9 Å². The molecule has 0 saturated carbocycles. The maximum Gasteiger partial charge on any atom is 0.303 e. The van der Waals surface area contributed by atoms with Crippen molar-refractivity contribution in [2.45, 2.75) is 19.4 Å². The predicted octanol–water partition coefficient (Wildman–Crippen LogP) is 3.68. The molecule has 0 aliphatic carbocycles. The Balaban J connectivity index is 2.11. The Morgan fingerprint density at radius 3 is 2.23 bits per heavy atom. The van der Waals surface area contributed by atoms with Crippen LogP contribution in [0.5, 0.6) is 5.75 Å². The van der Waals surface area contributed by atoms with Crippen LogP contribution in [0.25, 0.3) is 0 Å². The average molecular weight is 396 g/mol. The summed E-state index contributed by atoms with van der Waals surface area (Å²) in [6, 6.07) is 9.04. The molecule has 2 aromatic rings. The molecule has 0 unspecified atom stereocenters. The zero-order valence-corrected chi connectivity index (χ0v) is 15.0. The van der Waals surface area contributed by atoms with Crippen LogP contribution in [0.15, 0.2) is 36.4 Å². The van der Waals surface area contributed by atoms with Gasteiger partial charge in [-0.3, -0.25) is 14.4 Å². The van der Waals surface area contributed by atoms with Crippen molar-refractivity contribution in [1.29, 1.82) is 0 Å². The van der Waals surface area contributed by atoms with E-state index in [1.807, 2.05) is 0 Å². The van der Waals surface area contributed by atoms with E-state index in [2.05, 4.69) is 5.32 Å². The number of nitrogens with one attached hydrogen (secondary N) is 1. The highest BCUT2D eigenvalue weighted by Gasteiger charge is 2.19. The summed E-state index contributed by atoms with van der Waals surface area (Å²) in [5, 5.41) is 20.7. The first kappa shape index (κ1) is 19.8. The number of Topliss-reactive ketones (excluding diaryl/α,β-unsaturated/α-hetero) is 1. The highest BCUT2D eigenvalue weighted by molar-refractivity contribution is 6.40. The molecule has 6 nitrogen and oxygen atoms in total. The zero-order valence-electron chi connectivity index (χ0n) is 13.5. The fourth-order valence-electron chi connectivity index (χ4n) is 2.27. The van der Waals surface area contributed by atoms with Crippen molar-refractivity contribution in [2.24, 2.45) is 0 Å². The number of phenols is 1. The van der Waals surface area contributed by atoms with E-state index >= 15 is 0 Å². The van der Waals surface area contributed by atoms with E-state index in [9.17, 15) is 19.5 Å². The van der Waals surface area contributed by atoms with Crippen LogP contribution in [0.2, 0.25) is 10.0 Å². The van der Waals surface area contributed by atoms with E-state index in [-0.39, 0.29) is 46.3 Å². The van der Waals surface area contributed by atoms with Gasteiger partial charge in [0.1, 0.15) is 5.75 Å². The third kappa shape index (κ3) is 5.21. The van der Waals surface area contributed by atoms with Crippen LogP contribution in [0.4, 0.5) is 0 Å². The van der Waals surface area contributed by atoms with Gasteiger partial charge in [-0.2, -0.15) is 0 Å². The third-order valence-corrected chi connectivity index (χ3v) is 4.11. The lowest BCUT2D eigenvalue weighted by atomic mass is 10.0. The van der Waals surface area contributed by atoms with Gasteiger partial charge in [0, 0.05) is 18.5 Å². The number of carboxylic acids is 1. The maximum atomic E-state index is 12.3. The average Bonchev–Trinajstić information content (AvgIpc) is 2.57. The number of aliphatic carboxylic acids is 1. The van der Waals surface area contributed by atoms with Crippen LogP contribution in [0, 0.1) is 0 Å². The van der Waals surface area contributed by atoms with E-state index in [1.54, 1.807) is 12.1 Å². The van der Waals surface area contributed by atoms with Crippen LogP contribution in [0.1, 0.15) is 39.1 Å². The Kier molecular flexibility index (Phi) is 6.60. The number of ketones is 1. The molecular formula is C18H15Cl2NO5. The highest BCUT2D eigenvalue weighted by Crippen LogP contribution is 2.28. The number of hydrogen-bond donors (Lipinski definition) is 3. The normalized spacial score (nSPS) is 10.4. The topological polar surface area (TPSA) is 104 Å². The molecule has 0 saturated heterocycles. The number of carbonyl (C=O) groups is 3. The lowest BCUT2D eigenvalue weighted by Gasteiger charge is -2.10. The lowest BCUT2D eigenvalue weighted by molar-refractivity contribution is -0.136. The summed E-state index contributed by atoms with van der Waals surface area (Å²) in [5.74, 6) is -1.98. The van der Waals surface area contributed by atoms with E-state index < -0.39 is 17.7 Å². The van der Waals surface area contributed by atoms with Gasteiger partial charge in [-0.15, -0.1) is 0 Å². The van der Waals surface area contributed by atoms with E-state index in [0.717, 1.165) is 0 Å². The van der Waals surface area contributed by atoms with Gasteiger partial charge in [0.2, 0.25) is 0 Å². The summed E-state index contributed by atoms with van der Waals surface area (Å²) in [5.41, 5.74) is 0.866. The van der Waals surface area contributed by atoms with Crippen molar-refractivity contribution in [1.82, 2.24) is 5.32 Å². The monoisotopic (exact) mass is 395 g/mol. The number of halogens is 2. The molecule has 1 amide bonds. The molecule has 26 heavy (non-hydrogen) atoms. The smallest absolute Gasteiger partial charge is 0.303 e. The highest BCUT2D eigenvalue weighted by atomic mass is 35.5. The molecule has 0 radical (unpaired) electrons. The second-order valence-corrected chi connectivity index (χ2v) is 6.30. The van der Waals surface area contributed by atoms with E-state index in [0.29, 0.717) is 5.56 Å². The van der Waals surface area contributed by atoms with Gasteiger partial charge < -0.3 is 15.5 Å². The zero-order chi connectivity index (χ0) is 19.3. The van der Waals surface area contributed by atoms with Gasteiger partial charge in [0.15, 0.2) is 5.78 Å². The van der Waals surface area contributed by atoms with Gasteiger partial charge in [0.25, 0.3) is 5.91 Å². The molecule has 0 aliphatic rings. The fourth-order valence-corrected chi connectivity index (χ4v) is 2.96. The van der Waals surface area contributed by atoms with Crippen LogP contribution < -0.4 is 5.32 Å². The summed E-state index contributed by atoms with van der Waals surface area (Å²) >= 11 is 12.1. The molecule has 3 N–H and O–H groups in total. The molecule has 2 rings (SSSR count). The first-order chi connectivity index (χ1) is 12.3. The summed E-state index contributed by atoms with van der Waals surface area (Å²) < 4.78 is 0. The molecule has 0 fully saturated rings. The molecular weight excluding hydrogens is 381 g/mol. The molecule has 0 aromatic heterocycles. The Bertz CT molecular complexity index is 843. The Morgan fingerprint density at radius 2 is 1.65 bits per heavy atom. The number of phenolic OH excluding ortho intramolecular Hbond substituents is 1. The second kappa shape index (κ2) is 8.69. The van der Waals surface area contributed by atoms with Crippen molar-refractivity contribution in [3.63, 3.8) is 0 Å². The maximum absolute atomic E-state index is 12.3. The number of carboxylic acid groups (broad SMARTS) is 1. The second-order valence-electron chi connectivity index (χ2n) is 5.48. The number of benzene rings is 2. The van der Waals surface area contributed by atoms with E-state index in [1.165, 1.54) is 24.3 Å².